The summed E-state index contributed by atoms with van der Waals surface area (Å²) < 4.78 is 2.02. The lowest BCUT2D eigenvalue weighted by Gasteiger charge is -2.35. The van der Waals surface area contributed by atoms with E-state index in [4.69, 9.17) is 0 Å². The zero-order chi connectivity index (χ0) is 13.1. The van der Waals surface area contributed by atoms with Crippen LogP contribution in [-0.2, 0) is 6.54 Å². The highest BCUT2D eigenvalue weighted by Crippen LogP contribution is 2.16. The van der Waals surface area contributed by atoms with Gasteiger partial charge in [0.2, 0.25) is 0 Å². The molecular weight excluding hydrogens is 224 g/mol. The summed E-state index contributed by atoms with van der Waals surface area (Å²) >= 11 is 0. The quantitative estimate of drug-likeness (QED) is 0.887. The number of rotatable bonds is 4. The summed E-state index contributed by atoms with van der Waals surface area (Å²) in [6.07, 6.45) is 6.62. The van der Waals surface area contributed by atoms with Gasteiger partial charge in [0.15, 0.2) is 0 Å². The maximum Gasteiger partial charge on any atom is 0.0534 e. The highest BCUT2D eigenvalue weighted by atomic mass is 15.3. The van der Waals surface area contributed by atoms with Crippen LogP contribution in [0.3, 0.4) is 0 Å². The SMILES string of the molecule is CC1CC(NCc2cnn(C(C)C)c2)CCN1C. The standard InChI is InChI=1S/C14H26N4/c1-11(2)18-10-13(9-16-18)8-15-14-5-6-17(4)12(3)7-14/h9-12,14-15H,5-8H2,1-4H3. The number of likely N-dealkylation sites (tertiary alicyclic amines) is 1. The van der Waals surface area contributed by atoms with Gasteiger partial charge in [0.1, 0.15) is 0 Å². The molecule has 1 saturated heterocycles. The molecule has 0 bridgehead atoms. The second kappa shape index (κ2) is 5.85. The Hall–Kier alpha value is -0.870. The average molecular weight is 250 g/mol. The van der Waals surface area contributed by atoms with Crippen LogP contribution in [0.25, 0.3) is 0 Å². The van der Waals surface area contributed by atoms with Crippen molar-refractivity contribution in [3.63, 3.8) is 0 Å². The Bertz CT molecular complexity index is 372. The lowest BCUT2D eigenvalue weighted by molar-refractivity contribution is 0.168. The van der Waals surface area contributed by atoms with Gasteiger partial charge < -0.3 is 10.2 Å². The Morgan fingerprint density at radius 1 is 1.50 bits per heavy atom. The number of aromatic nitrogens is 2. The fourth-order valence-corrected chi connectivity index (χ4v) is 2.49. The fraction of sp³-hybridized carbons (Fsp3) is 0.786. The molecule has 4 nitrogen and oxygen atoms in total. The molecule has 2 heterocycles. The van der Waals surface area contributed by atoms with E-state index in [2.05, 4.69) is 49.3 Å². The number of hydrogen-bond donors (Lipinski definition) is 1. The lowest BCUT2D eigenvalue weighted by Crippen LogP contribution is -2.45. The zero-order valence-corrected chi connectivity index (χ0v) is 12.1. The summed E-state index contributed by atoms with van der Waals surface area (Å²) in [6, 6.07) is 1.79. The molecule has 4 heteroatoms. The minimum absolute atomic E-state index is 0.446. The van der Waals surface area contributed by atoms with Crippen LogP contribution >= 0.6 is 0 Å². The predicted molar refractivity (Wildman–Crippen MR) is 74.6 cm³/mol. The van der Waals surface area contributed by atoms with E-state index in [1.165, 1.54) is 24.9 Å². The number of nitrogens with zero attached hydrogens (tertiary/aromatic N) is 3. The monoisotopic (exact) mass is 250 g/mol. The number of nitrogens with one attached hydrogen (secondary N) is 1. The molecule has 1 aliphatic rings. The van der Waals surface area contributed by atoms with E-state index in [0.717, 1.165) is 6.54 Å². The molecule has 0 spiro atoms. The molecule has 0 radical (unpaired) electrons. The van der Waals surface area contributed by atoms with Gasteiger partial charge in [0.25, 0.3) is 0 Å². The maximum atomic E-state index is 4.37. The van der Waals surface area contributed by atoms with Crippen LogP contribution in [0.15, 0.2) is 12.4 Å². The Morgan fingerprint density at radius 2 is 2.28 bits per heavy atom. The van der Waals surface area contributed by atoms with Crippen molar-refractivity contribution in [1.82, 2.24) is 20.0 Å². The van der Waals surface area contributed by atoms with Crippen molar-refractivity contribution in [3.05, 3.63) is 18.0 Å². The molecule has 1 N–H and O–H groups in total. The van der Waals surface area contributed by atoms with E-state index in [0.29, 0.717) is 18.1 Å². The van der Waals surface area contributed by atoms with Crippen LogP contribution < -0.4 is 5.32 Å². The van der Waals surface area contributed by atoms with Crippen molar-refractivity contribution < 1.29 is 0 Å². The maximum absolute atomic E-state index is 4.37. The van der Waals surface area contributed by atoms with Crippen LogP contribution in [0.4, 0.5) is 0 Å². The summed E-state index contributed by atoms with van der Waals surface area (Å²) in [5.41, 5.74) is 1.29. The Kier molecular flexibility index (Phi) is 4.40. The second-order valence-corrected chi connectivity index (χ2v) is 5.85. The first-order valence-corrected chi connectivity index (χ1v) is 7.03. The molecule has 2 unspecified atom stereocenters. The van der Waals surface area contributed by atoms with Gasteiger partial charge in [-0.1, -0.05) is 0 Å². The van der Waals surface area contributed by atoms with E-state index < -0.39 is 0 Å². The van der Waals surface area contributed by atoms with Crippen molar-refractivity contribution in [3.8, 4) is 0 Å². The van der Waals surface area contributed by atoms with E-state index in [1.54, 1.807) is 0 Å². The third-order valence-corrected chi connectivity index (χ3v) is 3.99. The molecule has 2 rings (SSSR count). The molecule has 0 saturated carbocycles. The highest BCUT2D eigenvalue weighted by molar-refractivity contribution is 5.04. The van der Waals surface area contributed by atoms with Crippen LogP contribution in [0.1, 0.15) is 45.2 Å². The van der Waals surface area contributed by atoms with Crippen molar-refractivity contribution in [2.75, 3.05) is 13.6 Å². The molecule has 0 amide bonds. The molecule has 1 fully saturated rings. The van der Waals surface area contributed by atoms with Gasteiger partial charge in [0.05, 0.1) is 6.20 Å². The van der Waals surface area contributed by atoms with Gasteiger partial charge in [-0.2, -0.15) is 5.10 Å². The van der Waals surface area contributed by atoms with Crippen LogP contribution in [0, 0.1) is 0 Å². The molecule has 0 aliphatic carbocycles. The van der Waals surface area contributed by atoms with Crippen molar-refractivity contribution in [2.24, 2.45) is 0 Å². The summed E-state index contributed by atoms with van der Waals surface area (Å²) in [5, 5.41) is 8.04. The summed E-state index contributed by atoms with van der Waals surface area (Å²) in [7, 11) is 2.22. The lowest BCUT2D eigenvalue weighted by atomic mass is 9.99. The minimum atomic E-state index is 0.446. The fourth-order valence-electron chi connectivity index (χ4n) is 2.49. The minimum Gasteiger partial charge on any atom is -0.310 e. The van der Waals surface area contributed by atoms with Gasteiger partial charge in [-0.05, 0) is 47.2 Å². The predicted octanol–water partition coefficient (Wildman–Crippen LogP) is 2.04. The van der Waals surface area contributed by atoms with Gasteiger partial charge >= 0.3 is 0 Å². The molecule has 18 heavy (non-hydrogen) atoms. The van der Waals surface area contributed by atoms with Gasteiger partial charge in [0, 0.05) is 36.4 Å². The largest absolute Gasteiger partial charge is 0.310 e. The summed E-state index contributed by atoms with van der Waals surface area (Å²) in [6.45, 7) is 8.76. The third-order valence-electron chi connectivity index (χ3n) is 3.99. The van der Waals surface area contributed by atoms with Crippen molar-refractivity contribution >= 4 is 0 Å². The molecule has 1 aliphatic heterocycles. The first-order valence-electron chi connectivity index (χ1n) is 7.03. The zero-order valence-electron chi connectivity index (χ0n) is 12.1. The Labute approximate surface area is 110 Å². The van der Waals surface area contributed by atoms with Gasteiger partial charge in [-0.3, -0.25) is 4.68 Å². The Morgan fingerprint density at radius 3 is 2.89 bits per heavy atom. The second-order valence-electron chi connectivity index (χ2n) is 5.85. The molecule has 0 aromatic carbocycles. The first-order chi connectivity index (χ1) is 8.56. The molecule has 102 valence electrons. The summed E-state index contributed by atoms with van der Waals surface area (Å²) in [5.74, 6) is 0. The summed E-state index contributed by atoms with van der Waals surface area (Å²) in [4.78, 5) is 2.44. The van der Waals surface area contributed by atoms with E-state index in [-0.39, 0.29) is 0 Å². The van der Waals surface area contributed by atoms with E-state index >= 15 is 0 Å². The smallest absolute Gasteiger partial charge is 0.0534 e. The van der Waals surface area contributed by atoms with Gasteiger partial charge in [-0.15, -0.1) is 0 Å². The van der Waals surface area contributed by atoms with E-state index in [9.17, 15) is 0 Å². The molecule has 2 atom stereocenters. The highest BCUT2D eigenvalue weighted by Gasteiger charge is 2.22. The topological polar surface area (TPSA) is 33.1 Å². The third kappa shape index (κ3) is 3.33. The van der Waals surface area contributed by atoms with E-state index in [1.807, 2.05) is 10.9 Å². The molecule has 1 aromatic rings. The number of hydrogen-bond acceptors (Lipinski definition) is 3. The van der Waals surface area contributed by atoms with Crippen LogP contribution in [0.5, 0.6) is 0 Å². The average Bonchev–Trinajstić information content (AvgIpc) is 2.79. The Balaban J connectivity index is 1.80. The number of piperidine rings is 1. The van der Waals surface area contributed by atoms with Crippen molar-refractivity contribution in [1.29, 1.82) is 0 Å². The molecule has 1 aromatic heterocycles. The van der Waals surface area contributed by atoms with Crippen LogP contribution in [-0.4, -0.2) is 40.4 Å². The first kappa shape index (κ1) is 13.6. The molecular formula is C14H26N4. The van der Waals surface area contributed by atoms with Crippen LogP contribution in [0.2, 0.25) is 0 Å². The normalized spacial score (nSPS) is 25.8. The van der Waals surface area contributed by atoms with Crippen molar-refractivity contribution in [2.45, 2.75) is 58.3 Å². The van der Waals surface area contributed by atoms with Gasteiger partial charge in [-0.25, -0.2) is 0 Å².